The minimum atomic E-state index is 0.654. The number of hydrogen-bond donors (Lipinski definition) is 1. The van der Waals surface area contributed by atoms with Crippen LogP contribution in [-0.2, 0) is 6.54 Å². The van der Waals surface area contributed by atoms with Gasteiger partial charge in [-0.25, -0.2) is 0 Å². The lowest BCUT2D eigenvalue weighted by molar-refractivity contribution is 0.212. The predicted molar refractivity (Wildman–Crippen MR) is 69.8 cm³/mol. The van der Waals surface area contributed by atoms with Gasteiger partial charge in [0.2, 0.25) is 0 Å². The van der Waals surface area contributed by atoms with E-state index in [0.29, 0.717) is 6.04 Å². The van der Waals surface area contributed by atoms with Gasteiger partial charge in [-0.2, -0.15) is 0 Å². The maximum absolute atomic E-state index is 5.29. The summed E-state index contributed by atoms with van der Waals surface area (Å²) in [6, 6.07) is 4.60. The van der Waals surface area contributed by atoms with Gasteiger partial charge in [-0.1, -0.05) is 0 Å². The van der Waals surface area contributed by atoms with Crippen LogP contribution in [0.4, 0.5) is 0 Å². The molecule has 0 atom stereocenters. The molecular weight excluding hydrogens is 212 g/mol. The van der Waals surface area contributed by atoms with Gasteiger partial charge in [-0.05, 0) is 44.7 Å². The molecule has 1 aliphatic rings. The molecule has 0 amide bonds. The van der Waals surface area contributed by atoms with Crippen LogP contribution in [0.1, 0.15) is 32.4 Å². The van der Waals surface area contributed by atoms with E-state index >= 15 is 0 Å². The Labute approximate surface area is 104 Å². The van der Waals surface area contributed by atoms with Gasteiger partial charge in [0.15, 0.2) is 0 Å². The summed E-state index contributed by atoms with van der Waals surface area (Å²) in [4.78, 5) is 2.58. The van der Waals surface area contributed by atoms with Crippen molar-refractivity contribution in [3.8, 4) is 0 Å². The molecule has 1 fully saturated rings. The van der Waals surface area contributed by atoms with E-state index in [9.17, 15) is 0 Å². The average molecular weight is 236 g/mol. The van der Waals surface area contributed by atoms with Crippen LogP contribution in [0.2, 0.25) is 0 Å². The summed E-state index contributed by atoms with van der Waals surface area (Å²) in [5.41, 5.74) is 0. The molecule has 0 aromatic carbocycles. The largest absolute Gasteiger partial charge is 0.468 e. The van der Waals surface area contributed by atoms with Gasteiger partial charge in [-0.15, -0.1) is 0 Å². The van der Waals surface area contributed by atoms with Gasteiger partial charge in [0.05, 0.1) is 12.8 Å². The molecule has 2 rings (SSSR count). The van der Waals surface area contributed by atoms with Gasteiger partial charge in [-0.3, -0.25) is 4.90 Å². The van der Waals surface area contributed by atoms with E-state index in [0.717, 1.165) is 31.3 Å². The maximum Gasteiger partial charge on any atom is 0.117 e. The quantitative estimate of drug-likeness (QED) is 0.703. The Morgan fingerprint density at radius 1 is 1.47 bits per heavy atom. The van der Waals surface area contributed by atoms with Crippen molar-refractivity contribution in [2.75, 3.05) is 19.6 Å². The van der Waals surface area contributed by atoms with E-state index < -0.39 is 0 Å². The van der Waals surface area contributed by atoms with Crippen molar-refractivity contribution in [1.29, 1.82) is 0 Å². The number of nitrogens with zero attached hydrogens (tertiary/aromatic N) is 1. The Bertz CT molecular complexity index is 304. The summed E-state index contributed by atoms with van der Waals surface area (Å²) in [5, 5.41) is 3.43. The standard InChI is InChI=1S/C14H24N2O/c1-12(2)16(11-13-5-6-13)8-7-15-10-14-4-3-9-17-14/h3-4,9,12-13,15H,5-8,10-11H2,1-2H3. The van der Waals surface area contributed by atoms with E-state index in [4.69, 9.17) is 4.42 Å². The van der Waals surface area contributed by atoms with Crippen molar-refractivity contribution in [3.05, 3.63) is 24.2 Å². The fourth-order valence-electron chi connectivity index (χ4n) is 2.04. The maximum atomic E-state index is 5.29. The van der Waals surface area contributed by atoms with Crippen molar-refractivity contribution in [2.45, 2.75) is 39.3 Å². The smallest absolute Gasteiger partial charge is 0.117 e. The van der Waals surface area contributed by atoms with E-state index in [1.807, 2.05) is 12.1 Å². The van der Waals surface area contributed by atoms with Crippen molar-refractivity contribution in [2.24, 2.45) is 5.92 Å². The van der Waals surface area contributed by atoms with E-state index in [2.05, 4.69) is 24.1 Å². The van der Waals surface area contributed by atoms with Crippen LogP contribution in [-0.4, -0.2) is 30.6 Å². The summed E-state index contributed by atoms with van der Waals surface area (Å²) in [7, 11) is 0. The second-order valence-corrected chi connectivity index (χ2v) is 5.29. The lowest BCUT2D eigenvalue weighted by Gasteiger charge is -2.26. The van der Waals surface area contributed by atoms with Crippen LogP contribution in [0.25, 0.3) is 0 Å². The molecule has 1 aromatic rings. The summed E-state index contributed by atoms with van der Waals surface area (Å²) in [6.45, 7) is 8.85. The zero-order chi connectivity index (χ0) is 12.1. The molecule has 0 spiro atoms. The minimum Gasteiger partial charge on any atom is -0.468 e. The third-order valence-corrected chi connectivity index (χ3v) is 3.38. The Morgan fingerprint density at radius 3 is 2.88 bits per heavy atom. The molecule has 1 aliphatic carbocycles. The summed E-state index contributed by atoms with van der Waals surface area (Å²) in [6.07, 6.45) is 4.59. The first kappa shape index (κ1) is 12.7. The first-order chi connectivity index (χ1) is 8.25. The third kappa shape index (κ3) is 4.52. The third-order valence-electron chi connectivity index (χ3n) is 3.38. The summed E-state index contributed by atoms with van der Waals surface area (Å²) < 4.78 is 5.29. The molecule has 1 saturated carbocycles. The monoisotopic (exact) mass is 236 g/mol. The molecule has 0 unspecified atom stereocenters. The Balaban J connectivity index is 1.61. The number of rotatable bonds is 8. The zero-order valence-electron chi connectivity index (χ0n) is 11.0. The number of furan rings is 1. The Morgan fingerprint density at radius 2 is 2.29 bits per heavy atom. The van der Waals surface area contributed by atoms with Gasteiger partial charge in [0.25, 0.3) is 0 Å². The first-order valence-corrected chi connectivity index (χ1v) is 6.73. The van der Waals surface area contributed by atoms with Crippen molar-refractivity contribution < 1.29 is 4.42 Å². The van der Waals surface area contributed by atoms with Crippen LogP contribution >= 0.6 is 0 Å². The predicted octanol–water partition coefficient (Wildman–Crippen LogP) is 2.49. The molecule has 0 bridgehead atoms. The Hall–Kier alpha value is -0.800. The van der Waals surface area contributed by atoms with Crippen molar-refractivity contribution >= 4 is 0 Å². The van der Waals surface area contributed by atoms with Gasteiger partial charge >= 0.3 is 0 Å². The summed E-state index contributed by atoms with van der Waals surface area (Å²) in [5.74, 6) is 1.99. The lowest BCUT2D eigenvalue weighted by atomic mass is 10.2. The normalized spacial score (nSPS) is 16.0. The highest BCUT2D eigenvalue weighted by Gasteiger charge is 2.24. The minimum absolute atomic E-state index is 0.654. The molecule has 0 saturated heterocycles. The first-order valence-electron chi connectivity index (χ1n) is 6.73. The van der Waals surface area contributed by atoms with Gasteiger partial charge < -0.3 is 9.73 Å². The van der Waals surface area contributed by atoms with Crippen molar-refractivity contribution in [1.82, 2.24) is 10.2 Å². The molecule has 1 heterocycles. The summed E-state index contributed by atoms with van der Waals surface area (Å²) >= 11 is 0. The molecule has 0 aliphatic heterocycles. The molecule has 17 heavy (non-hydrogen) atoms. The molecule has 3 nitrogen and oxygen atoms in total. The number of nitrogens with one attached hydrogen (secondary N) is 1. The lowest BCUT2D eigenvalue weighted by Crippen LogP contribution is -2.38. The van der Waals surface area contributed by atoms with Crippen LogP contribution in [0.5, 0.6) is 0 Å². The topological polar surface area (TPSA) is 28.4 Å². The highest BCUT2D eigenvalue weighted by Crippen LogP contribution is 2.30. The molecule has 1 N–H and O–H groups in total. The zero-order valence-corrected chi connectivity index (χ0v) is 11.0. The van der Waals surface area contributed by atoms with Crippen LogP contribution in [0, 0.1) is 5.92 Å². The highest BCUT2D eigenvalue weighted by molar-refractivity contribution is 4.97. The molecule has 3 heteroatoms. The number of hydrogen-bond acceptors (Lipinski definition) is 3. The van der Waals surface area contributed by atoms with Gasteiger partial charge in [0, 0.05) is 25.7 Å². The van der Waals surface area contributed by atoms with E-state index in [1.54, 1.807) is 6.26 Å². The highest BCUT2D eigenvalue weighted by atomic mass is 16.3. The van der Waals surface area contributed by atoms with Crippen LogP contribution in [0.15, 0.2) is 22.8 Å². The molecule has 0 radical (unpaired) electrons. The van der Waals surface area contributed by atoms with Crippen LogP contribution in [0.3, 0.4) is 0 Å². The Kier molecular flexibility index (Phi) is 4.63. The van der Waals surface area contributed by atoms with Crippen molar-refractivity contribution in [3.63, 3.8) is 0 Å². The van der Waals surface area contributed by atoms with E-state index in [-0.39, 0.29) is 0 Å². The van der Waals surface area contributed by atoms with E-state index in [1.165, 1.54) is 19.4 Å². The van der Waals surface area contributed by atoms with Gasteiger partial charge in [0.1, 0.15) is 5.76 Å². The van der Waals surface area contributed by atoms with Crippen LogP contribution < -0.4 is 5.32 Å². The molecule has 1 aromatic heterocycles. The molecule has 96 valence electrons. The second kappa shape index (κ2) is 6.22. The fourth-order valence-corrected chi connectivity index (χ4v) is 2.04. The second-order valence-electron chi connectivity index (χ2n) is 5.29. The fraction of sp³-hybridized carbons (Fsp3) is 0.714. The molecular formula is C14H24N2O. The SMILES string of the molecule is CC(C)N(CCNCc1ccco1)CC1CC1. The average Bonchev–Trinajstić information content (AvgIpc) is 2.96.